The number of nitrogens with one attached hydrogen (secondary N) is 2. The topological polar surface area (TPSA) is 204 Å². The summed E-state index contributed by atoms with van der Waals surface area (Å²) in [5.41, 5.74) is 8.67. The lowest BCUT2D eigenvalue weighted by atomic mass is 10.0. The molecule has 4 heterocycles. The fraction of sp³-hybridized carbons (Fsp3) is 0.595. The molecule has 0 spiro atoms. The van der Waals surface area contributed by atoms with Crippen molar-refractivity contribution in [3.8, 4) is 5.75 Å². The van der Waals surface area contributed by atoms with Gasteiger partial charge in [-0.05, 0) is 43.5 Å². The summed E-state index contributed by atoms with van der Waals surface area (Å²) in [6, 6.07) is 10.4. The number of imide groups is 2. The maximum atomic E-state index is 13.2. The molecule has 0 radical (unpaired) electrons. The highest BCUT2D eigenvalue weighted by molar-refractivity contribution is 6.25. The number of benzene rings is 2. The zero-order valence-corrected chi connectivity index (χ0v) is 34.5. The van der Waals surface area contributed by atoms with Crippen molar-refractivity contribution >= 4 is 46.6 Å². The third kappa shape index (κ3) is 11.9. The number of hydrogen-bond donors (Lipinski definition) is 3. The number of anilines is 3. The molecule has 1 unspecified atom stereocenters. The number of nitrogen functional groups attached to an aromatic ring is 1. The molecular weight excluding hydrogens is 778 g/mol. The van der Waals surface area contributed by atoms with Crippen molar-refractivity contribution < 1.29 is 52.4 Å². The molecule has 4 aliphatic rings. The normalized spacial score (nSPS) is 18.9. The molecule has 60 heavy (non-hydrogen) atoms. The quantitative estimate of drug-likeness (QED) is 0.0823. The van der Waals surface area contributed by atoms with E-state index < -0.39 is 29.7 Å². The summed E-state index contributed by atoms with van der Waals surface area (Å²) >= 11 is 0. The summed E-state index contributed by atoms with van der Waals surface area (Å²) in [5, 5.41) is 5.34. The molecule has 5 amide bonds. The third-order valence-corrected chi connectivity index (χ3v) is 11.2. The fourth-order valence-corrected chi connectivity index (χ4v) is 7.94. The van der Waals surface area contributed by atoms with Gasteiger partial charge < -0.3 is 49.3 Å². The van der Waals surface area contributed by atoms with E-state index in [1.54, 1.807) is 25.3 Å². The van der Waals surface area contributed by atoms with Crippen LogP contribution >= 0.6 is 0 Å². The van der Waals surface area contributed by atoms with Gasteiger partial charge in [0.05, 0.1) is 96.4 Å². The highest BCUT2D eigenvalue weighted by Crippen LogP contribution is 2.33. The van der Waals surface area contributed by atoms with E-state index in [2.05, 4.69) is 26.5 Å². The van der Waals surface area contributed by atoms with Gasteiger partial charge in [-0.3, -0.25) is 39.1 Å². The Balaban J connectivity index is 0.707. The Morgan fingerprint density at radius 1 is 0.767 bits per heavy atom. The minimum absolute atomic E-state index is 0.0634. The van der Waals surface area contributed by atoms with Gasteiger partial charge in [0.25, 0.3) is 11.8 Å². The summed E-state index contributed by atoms with van der Waals surface area (Å²) in [6.45, 7) is 9.61. The Kier molecular flexibility index (Phi) is 16.9. The van der Waals surface area contributed by atoms with Gasteiger partial charge in [-0.25, -0.2) is 0 Å². The van der Waals surface area contributed by atoms with Gasteiger partial charge in [0.1, 0.15) is 11.8 Å². The van der Waals surface area contributed by atoms with Crippen molar-refractivity contribution in [1.82, 2.24) is 20.0 Å². The lowest BCUT2D eigenvalue weighted by Gasteiger charge is -2.43. The molecule has 6 rings (SSSR count). The number of nitrogens with two attached hydrogens (primary N) is 1. The van der Waals surface area contributed by atoms with E-state index in [0.717, 1.165) is 62.7 Å². The lowest BCUT2D eigenvalue weighted by Crippen LogP contribution is -2.54. The number of hydrogen-bond acceptors (Lipinski definition) is 15. The molecule has 2 aromatic carbocycles. The van der Waals surface area contributed by atoms with Crippen molar-refractivity contribution in [2.24, 2.45) is 0 Å². The summed E-state index contributed by atoms with van der Waals surface area (Å²) in [5.74, 6) is -1.33. The molecule has 3 fully saturated rings. The van der Waals surface area contributed by atoms with Crippen LogP contribution in [0.5, 0.6) is 5.75 Å². The number of fused-ring (bicyclic) bond motifs is 1. The number of piperidine rings is 2. The molecular formula is C42H59N7O11. The van der Waals surface area contributed by atoms with Gasteiger partial charge in [-0.15, -0.1) is 0 Å². The fourth-order valence-electron chi connectivity index (χ4n) is 7.94. The number of amides is 5. The van der Waals surface area contributed by atoms with E-state index in [-0.39, 0.29) is 29.9 Å². The number of carbonyl (C=O) groups excluding carboxylic acids is 5. The van der Waals surface area contributed by atoms with Gasteiger partial charge in [0, 0.05) is 75.7 Å². The Morgan fingerprint density at radius 3 is 2.03 bits per heavy atom. The van der Waals surface area contributed by atoms with E-state index in [0.29, 0.717) is 102 Å². The van der Waals surface area contributed by atoms with Crippen LogP contribution in [0.25, 0.3) is 0 Å². The van der Waals surface area contributed by atoms with Crippen molar-refractivity contribution in [2.45, 2.75) is 44.2 Å². The Morgan fingerprint density at radius 2 is 1.40 bits per heavy atom. The zero-order valence-electron chi connectivity index (χ0n) is 34.5. The van der Waals surface area contributed by atoms with E-state index >= 15 is 0 Å². The molecule has 1 atom stereocenters. The number of piperazine rings is 1. The van der Waals surface area contributed by atoms with Crippen LogP contribution in [-0.2, 0) is 38.1 Å². The van der Waals surface area contributed by atoms with Crippen molar-refractivity contribution in [3.63, 3.8) is 0 Å². The lowest BCUT2D eigenvalue weighted by molar-refractivity contribution is -0.136. The Bertz CT molecular complexity index is 1780. The first kappa shape index (κ1) is 44.7. The van der Waals surface area contributed by atoms with Crippen LogP contribution < -0.4 is 26.0 Å². The molecule has 18 heteroatoms. The Hall–Kier alpha value is -4.85. The van der Waals surface area contributed by atoms with Gasteiger partial charge in [-0.2, -0.15) is 0 Å². The second-order valence-corrected chi connectivity index (χ2v) is 15.0. The third-order valence-electron chi connectivity index (χ3n) is 11.2. The SMILES string of the molecule is COc1cc(N2CCC(N3CCN(C(=O)CCOCCOCCOCCOCCOCCNc4cccc5c4C(=O)N(C4CCC(=O)NC4=O)C5=O)CC3)CC2)ccc1N. The van der Waals surface area contributed by atoms with Crippen LogP contribution in [0.2, 0.25) is 0 Å². The summed E-state index contributed by atoms with van der Waals surface area (Å²) in [6.07, 6.45) is 2.71. The molecule has 0 aromatic heterocycles. The van der Waals surface area contributed by atoms with E-state index in [4.69, 9.17) is 34.2 Å². The highest BCUT2D eigenvalue weighted by atomic mass is 16.6. The summed E-state index contributed by atoms with van der Waals surface area (Å²) in [7, 11) is 1.64. The second-order valence-electron chi connectivity index (χ2n) is 15.0. The minimum Gasteiger partial charge on any atom is -0.495 e. The predicted molar refractivity (Wildman–Crippen MR) is 221 cm³/mol. The van der Waals surface area contributed by atoms with Crippen molar-refractivity contribution in [2.75, 3.05) is 135 Å². The molecule has 0 aliphatic carbocycles. The number of carbonyl (C=O) groups is 5. The maximum absolute atomic E-state index is 13.2. The molecule has 0 saturated carbocycles. The van der Waals surface area contributed by atoms with Crippen molar-refractivity contribution in [3.05, 3.63) is 47.5 Å². The Labute approximate surface area is 350 Å². The smallest absolute Gasteiger partial charge is 0.264 e. The number of methoxy groups -OCH3 is 1. The van der Waals surface area contributed by atoms with Crippen LogP contribution in [-0.4, -0.2) is 175 Å². The highest BCUT2D eigenvalue weighted by Gasteiger charge is 2.45. The largest absolute Gasteiger partial charge is 0.495 e. The number of nitrogens with zero attached hydrogens (tertiary/aromatic N) is 4. The number of rotatable bonds is 23. The van der Waals surface area contributed by atoms with Gasteiger partial charge in [0.15, 0.2) is 0 Å². The summed E-state index contributed by atoms with van der Waals surface area (Å²) < 4.78 is 33.3. The molecule has 4 aliphatic heterocycles. The molecule has 2 aromatic rings. The predicted octanol–water partition coefficient (Wildman–Crippen LogP) is 1.38. The standard InChI is InChI=1S/C42H59N7O11/c1-55-36-29-31(5-6-33(36)43)46-13-9-30(10-14-46)47-15-17-48(18-16-47)38(51)11-19-56-21-23-58-25-27-60-28-26-59-24-22-57-20-12-44-34-4-2-3-32-39(34)42(54)49(41(32)53)35-7-8-37(50)45-40(35)52/h2-6,29-30,35,44H,7-28,43H2,1H3,(H,45,50,52). The number of ether oxygens (including phenoxy) is 6. The first-order valence-electron chi connectivity index (χ1n) is 20.9. The average Bonchev–Trinajstić information content (AvgIpc) is 3.52. The van der Waals surface area contributed by atoms with Crippen LogP contribution in [0.1, 0.15) is 52.8 Å². The molecule has 18 nitrogen and oxygen atoms in total. The molecule has 328 valence electrons. The van der Waals surface area contributed by atoms with Gasteiger partial charge in [-0.1, -0.05) is 6.07 Å². The van der Waals surface area contributed by atoms with E-state index in [1.807, 2.05) is 17.0 Å². The molecule has 0 bridgehead atoms. The average molecular weight is 838 g/mol. The maximum Gasteiger partial charge on any atom is 0.264 e. The van der Waals surface area contributed by atoms with Crippen LogP contribution in [0, 0.1) is 0 Å². The zero-order chi connectivity index (χ0) is 42.3. The minimum atomic E-state index is -1.01. The van der Waals surface area contributed by atoms with Crippen LogP contribution in [0.3, 0.4) is 0 Å². The van der Waals surface area contributed by atoms with Crippen molar-refractivity contribution in [1.29, 1.82) is 0 Å². The monoisotopic (exact) mass is 837 g/mol. The van der Waals surface area contributed by atoms with Gasteiger partial charge >= 0.3 is 0 Å². The first-order valence-corrected chi connectivity index (χ1v) is 20.9. The molecule has 3 saturated heterocycles. The van der Waals surface area contributed by atoms with Crippen LogP contribution in [0.15, 0.2) is 36.4 Å². The van der Waals surface area contributed by atoms with Crippen LogP contribution in [0.4, 0.5) is 17.1 Å². The second kappa shape index (κ2) is 22.7. The summed E-state index contributed by atoms with van der Waals surface area (Å²) in [4.78, 5) is 70.6. The van der Waals surface area contributed by atoms with Gasteiger partial charge in [0.2, 0.25) is 17.7 Å². The van der Waals surface area contributed by atoms with E-state index in [9.17, 15) is 24.0 Å². The van der Waals surface area contributed by atoms with E-state index in [1.165, 1.54) is 0 Å². The first-order chi connectivity index (χ1) is 29.2. The molecule has 4 N–H and O–H groups in total.